The number of anilines is 1. The third kappa shape index (κ3) is 1.90. The van der Waals surface area contributed by atoms with Gasteiger partial charge in [-0.1, -0.05) is 29.1 Å². The Morgan fingerprint density at radius 2 is 2.29 bits per heavy atom. The Labute approximate surface area is 86.8 Å². The molecule has 3 nitrogen and oxygen atoms in total. The molecule has 1 heterocycles. The van der Waals surface area contributed by atoms with E-state index >= 15 is 0 Å². The summed E-state index contributed by atoms with van der Waals surface area (Å²) >= 11 is 1.69. The Balaban J connectivity index is 2.11. The number of nitrogens with one attached hydrogen (secondary N) is 1. The molecule has 1 aliphatic heterocycles. The number of para-hydroxylation sites is 1. The fourth-order valence-electron chi connectivity index (χ4n) is 1.17. The van der Waals surface area contributed by atoms with Gasteiger partial charge in [-0.25, -0.2) is 0 Å². The van der Waals surface area contributed by atoms with E-state index in [9.17, 15) is 0 Å². The van der Waals surface area contributed by atoms with Gasteiger partial charge < -0.3 is 10.2 Å². The molecule has 1 N–H and O–H groups in total. The Kier molecular flexibility index (Phi) is 2.74. The number of rotatable bonds is 2. The van der Waals surface area contributed by atoms with Crippen LogP contribution in [0, 0.1) is 0 Å². The quantitative estimate of drug-likeness (QED) is 0.596. The van der Waals surface area contributed by atoms with Gasteiger partial charge in [0.25, 0.3) is 0 Å². The van der Waals surface area contributed by atoms with E-state index in [2.05, 4.69) is 27.4 Å². The lowest BCUT2D eigenvalue weighted by atomic mass is 10.3. The first-order valence-corrected chi connectivity index (χ1v) is 5.02. The lowest BCUT2D eigenvalue weighted by Gasteiger charge is -1.94. The van der Waals surface area contributed by atoms with Crippen LogP contribution in [0.4, 0.5) is 5.69 Å². The zero-order valence-electron chi connectivity index (χ0n) is 7.73. The molecule has 2 rings (SSSR count). The smallest absolute Gasteiger partial charge is 0.106 e. The van der Waals surface area contributed by atoms with E-state index in [0.717, 1.165) is 10.7 Å². The number of hydrogen-bond donors (Lipinski definition) is 1. The van der Waals surface area contributed by atoms with Crippen molar-refractivity contribution in [3.63, 3.8) is 0 Å². The number of benzene rings is 1. The van der Waals surface area contributed by atoms with Crippen LogP contribution in [0.5, 0.6) is 0 Å². The molecule has 14 heavy (non-hydrogen) atoms. The average Bonchev–Trinajstić information content (AvgIpc) is 2.60. The van der Waals surface area contributed by atoms with E-state index in [4.69, 9.17) is 0 Å². The second kappa shape index (κ2) is 4.19. The normalized spacial score (nSPS) is 17.1. The van der Waals surface area contributed by atoms with Gasteiger partial charge in [0.15, 0.2) is 0 Å². The summed E-state index contributed by atoms with van der Waals surface area (Å²) in [5, 5.41) is 7.98. The van der Waals surface area contributed by atoms with Crippen molar-refractivity contribution in [1.29, 1.82) is 0 Å². The summed E-state index contributed by atoms with van der Waals surface area (Å²) in [6, 6.07) is 8.18. The number of hydrogen-bond acceptors (Lipinski definition) is 4. The highest BCUT2D eigenvalue weighted by Gasteiger charge is 2.13. The molecule has 0 spiro atoms. The van der Waals surface area contributed by atoms with Gasteiger partial charge in [0.1, 0.15) is 7.11 Å². The van der Waals surface area contributed by atoms with Crippen molar-refractivity contribution in [3.8, 4) is 0 Å². The number of nitrogens with zero attached hydrogens (tertiary/aromatic N) is 1. The first kappa shape index (κ1) is 9.15. The topological polar surface area (TPSA) is 33.6 Å². The molecule has 1 aromatic carbocycles. The molecule has 0 aromatic heterocycles. The van der Waals surface area contributed by atoms with Crippen molar-refractivity contribution < 1.29 is 4.84 Å². The highest BCUT2D eigenvalue weighted by Crippen LogP contribution is 2.39. The van der Waals surface area contributed by atoms with Crippen LogP contribution in [0.25, 0.3) is 0 Å². The first-order valence-electron chi connectivity index (χ1n) is 4.21. The van der Waals surface area contributed by atoms with Crippen LogP contribution in [-0.4, -0.2) is 13.3 Å². The predicted molar refractivity (Wildman–Crippen MR) is 59.5 cm³/mol. The van der Waals surface area contributed by atoms with Gasteiger partial charge in [-0.05, 0) is 18.2 Å². The minimum atomic E-state index is 1.06. The maximum atomic E-state index is 4.57. The molecule has 0 saturated heterocycles. The molecule has 0 saturated carbocycles. The van der Waals surface area contributed by atoms with Crippen LogP contribution >= 0.6 is 11.8 Å². The van der Waals surface area contributed by atoms with Crippen molar-refractivity contribution in [3.05, 3.63) is 35.4 Å². The maximum Gasteiger partial charge on any atom is 0.106 e. The average molecular weight is 206 g/mol. The molecular formula is C10H10N2OS. The molecule has 4 heteroatoms. The highest BCUT2D eigenvalue weighted by atomic mass is 32.2. The third-order valence-electron chi connectivity index (χ3n) is 1.76. The molecule has 0 unspecified atom stereocenters. The van der Waals surface area contributed by atoms with Crippen LogP contribution in [0.2, 0.25) is 0 Å². The van der Waals surface area contributed by atoms with Crippen LogP contribution in [0.3, 0.4) is 0 Å². The second-order valence-corrected chi connectivity index (χ2v) is 3.77. The predicted octanol–water partition coefficient (Wildman–Crippen LogP) is 2.68. The van der Waals surface area contributed by atoms with Crippen molar-refractivity contribution in [2.45, 2.75) is 4.90 Å². The summed E-state index contributed by atoms with van der Waals surface area (Å²) in [6.07, 6.45) is 3.51. The number of thioether (sulfide) groups is 1. The van der Waals surface area contributed by atoms with Gasteiger partial charge in [-0.2, -0.15) is 0 Å². The fraction of sp³-hybridized carbons (Fsp3) is 0.100. The van der Waals surface area contributed by atoms with E-state index < -0.39 is 0 Å². The largest absolute Gasteiger partial charge is 0.399 e. The zero-order chi connectivity index (χ0) is 9.80. The molecular weight excluding hydrogens is 196 g/mol. The zero-order valence-corrected chi connectivity index (χ0v) is 8.54. The van der Waals surface area contributed by atoms with Gasteiger partial charge in [-0.3, -0.25) is 0 Å². The van der Waals surface area contributed by atoms with Crippen molar-refractivity contribution in [2.75, 3.05) is 12.4 Å². The molecule has 0 aliphatic carbocycles. The summed E-state index contributed by atoms with van der Waals surface area (Å²) in [5.74, 6) is 0. The Bertz CT molecular complexity index is 360. The van der Waals surface area contributed by atoms with Gasteiger partial charge in [0.2, 0.25) is 0 Å². The summed E-state index contributed by atoms with van der Waals surface area (Å²) < 4.78 is 0. The van der Waals surface area contributed by atoms with Crippen LogP contribution in [0.1, 0.15) is 0 Å². The molecule has 0 amide bonds. The molecule has 72 valence electrons. The minimum absolute atomic E-state index is 1.06. The van der Waals surface area contributed by atoms with E-state index in [0.29, 0.717) is 0 Å². The maximum absolute atomic E-state index is 4.57. The SMILES string of the molecule is CO/N=C/C=C1\Nc2ccccc2S1. The summed E-state index contributed by atoms with van der Waals surface area (Å²) in [6.45, 7) is 0. The monoisotopic (exact) mass is 206 g/mol. The third-order valence-corrected chi connectivity index (χ3v) is 2.79. The first-order chi connectivity index (χ1) is 6.90. The summed E-state index contributed by atoms with van der Waals surface area (Å²) in [7, 11) is 1.53. The van der Waals surface area contributed by atoms with E-state index in [-0.39, 0.29) is 0 Å². The lowest BCUT2D eigenvalue weighted by Crippen LogP contribution is -1.88. The molecule has 1 aromatic rings. The van der Waals surface area contributed by atoms with E-state index in [1.165, 1.54) is 12.0 Å². The van der Waals surface area contributed by atoms with E-state index in [1.54, 1.807) is 18.0 Å². The highest BCUT2D eigenvalue weighted by molar-refractivity contribution is 8.03. The van der Waals surface area contributed by atoms with Gasteiger partial charge >= 0.3 is 0 Å². The van der Waals surface area contributed by atoms with Crippen LogP contribution < -0.4 is 5.32 Å². The summed E-state index contributed by atoms with van der Waals surface area (Å²) in [5.41, 5.74) is 1.15. The van der Waals surface area contributed by atoms with Gasteiger partial charge in [-0.15, -0.1) is 0 Å². The molecule has 0 atom stereocenters. The van der Waals surface area contributed by atoms with Crippen molar-refractivity contribution in [1.82, 2.24) is 0 Å². The molecule has 0 bridgehead atoms. The number of allylic oxidation sites excluding steroid dienone is 1. The second-order valence-electron chi connectivity index (χ2n) is 2.69. The van der Waals surface area contributed by atoms with Crippen LogP contribution in [0.15, 0.2) is 45.4 Å². The van der Waals surface area contributed by atoms with Gasteiger partial charge in [0.05, 0.1) is 16.9 Å². The molecule has 0 radical (unpaired) electrons. The Morgan fingerprint density at radius 3 is 3.07 bits per heavy atom. The number of fused-ring (bicyclic) bond motifs is 1. The lowest BCUT2D eigenvalue weighted by molar-refractivity contribution is 0.215. The van der Waals surface area contributed by atoms with Crippen LogP contribution in [-0.2, 0) is 4.84 Å². The minimum Gasteiger partial charge on any atom is -0.399 e. The van der Waals surface area contributed by atoms with Crippen molar-refractivity contribution in [2.24, 2.45) is 5.16 Å². The Hall–Kier alpha value is -1.42. The van der Waals surface area contributed by atoms with E-state index in [1.807, 2.05) is 18.2 Å². The van der Waals surface area contributed by atoms with Crippen molar-refractivity contribution >= 4 is 23.7 Å². The number of oxime groups is 1. The summed E-state index contributed by atoms with van der Waals surface area (Å²) in [4.78, 5) is 5.81. The fourth-order valence-corrected chi connectivity index (χ4v) is 2.07. The molecule has 0 fully saturated rings. The molecule has 1 aliphatic rings. The van der Waals surface area contributed by atoms with Gasteiger partial charge in [0, 0.05) is 4.90 Å². The Morgan fingerprint density at radius 1 is 1.43 bits per heavy atom. The standard InChI is InChI=1S/C10H10N2OS/c1-13-11-7-6-10-12-8-4-2-3-5-9(8)14-10/h2-7,12H,1H3/b10-6+,11-7+.